The largest absolute Gasteiger partial charge is 0.464 e. The lowest BCUT2D eigenvalue weighted by Gasteiger charge is -2.34. The minimum absolute atomic E-state index is 0. The third-order valence-corrected chi connectivity index (χ3v) is 5.47. The zero-order valence-electron chi connectivity index (χ0n) is 16.8. The van der Waals surface area contributed by atoms with Gasteiger partial charge in [-0.25, -0.2) is 9.67 Å². The molecule has 5 rings (SSSR count). The standard InChI is InChI=1S/C22H23N5O.3ClH/c1-2-5-16(6-3-1)21-20(7-4-9-24-21)25-13-18-12-19(27-15-23-14-26-27)11-17-8-10-28-22(17)18;;;/h1-3,5-6,8,10-12,14-15,20-21,24-25H,4,7,9,13H2;3*1H/t20-,21-;;;/m0.../s1. The molecule has 2 aromatic heterocycles. The molecule has 0 radical (unpaired) electrons. The molecule has 1 aliphatic heterocycles. The number of halogens is 3. The molecule has 4 aromatic rings. The first-order valence-corrected chi connectivity index (χ1v) is 9.75. The van der Waals surface area contributed by atoms with E-state index < -0.39 is 0 Å². The van der Waals surface area contributed by atoms with Crippen molar-refractivity contribution in [3.63, 3.8) is 0 Å². The molecule has 31 heavy (non-hydrogen) atoms. The van der Waals surface area contributed by atoms with E-state index >= 15 is 0 Å². The van der Waals surface area contributed by atoms with E-state index in [1.54, 1.807) is 23.6 Å². The van der Waals surface area contributed by atoms with Crippen LogP contribution in [0.1, 0.15) is 30.0 Å². The van der Waals surface area contributed by atoms with Gasteiger partial charge in [-0.3, -0.25) is 0 Å². The molecule has 0 bridgehead atoms. The normalized spacial score (nSPS) is 17.9. The van der Waals surface area contributed by atoms with Crippen molar-refractivity contribution in [3.8, 4) is 5.69 Å². The molecule has 2 aromatic carbocycles. The fraction of sp³-hybridized carbons (Fsp3) is 0.273. The van der Waals surface area contributed by atoms with E-state index in [1.807, 2.05) is 6.07 Å². The Labute approximate surface area is 200 Å². The molecule has 3 heterocycles. The zero-order chi connectivity index (χ0) is 18.8. The van der Waals surface area contributed by atoms with Gasteiger partial charge in [0.05, 0.1) is 12.0 Å². The minimum atomic E-state index is 0. The lowest BCUT2D eigenvalue weighted by Crippen LogP contribution is -2.45. The van der Waals surface area contributed by atoms with E-state index in [-0.39, 0.29) is 37.2 Å². The van der Waals surface area contributed by atoms with E-state index in [9.17, 15) is 0 Å². The Hall–Kier alpha value is -2.09. The Morgan fingerprint density at radius 2 is 1.94 bits per heavy atom. The molecule has 0 amide bonds. The van der Waals surface area contributed by atoms with Gasteiger partial charge in [-0.15, -0.1) is 37.2 Å². The molecular weight excluding hydrogens is 457 g/mol. The van der Waals surface area contributed by atoms with Crippen molar-refractivity contribution in [1.29, 1.82) is 0 Å². The van der Waals surface area contributed by atoms with Gasteiger partial charge in [0.1, 0.15) is 18.2 Å². The van der Waals surface area contributed by atoms with Gasteiger partial charge in [0.25, 0.3) is 0 Å². The predicted molar refractivity (Wildman–Crippen MR) is 130 cm³/mol. The topological polar surface area (TPSA) is 67.9 Å². The predicted octanol–water partition coefficient (Wildman–Crippen LogP) is 4.86. The lowest BCUT2D eigenvalue weighted by molar-refractivity contribution is 0.304. The van der Waals surface area contributed by atoms with Crippen LogP contribution in [-0.4, -0.2) is 27.4 Å². The minimum Gasteiger partial charge on any atom is -0.464 e. The van der Waals surface area contributed by atoms with Gasteiger partial charge in [-0.05, 0) is 43.1 Å². The van der Waals surface area contributed by atoms with Crippen molar-refractivity contribution in [2.75, 3.05) is 6.54 Å². The molecule has 0 spiro atoms. The van der Waals surface area contributed by atoms with E-state index in [0.717, 1.165) is 41.7 Å². The molecule has 1 aliphatic rings. The van der Waals surface area contributed by atoms with Gasteiger partial charge in [-0.1, -0.05) is 30.3 Å². The lowest BCUT2D eigenvalue weighted by atomic mass is 9.92. The average Bonchev–Trinajstić information content (AvgIpc) is 3.44. The monoisotopic (exact) mass is 481 g/mol. The van der Waals surface area contributed by atoms with Crippen molar-refractivity contribution in [3.05, 3.63) is 78.6 Å². The highest BCUT2D eigenvalue weighted by Gasteiger charge is 2.25. The highest BCUT2D eigenvalue weighted by atomic mass is 35.5. The number of rotatable bonds is 5. The average molecular weight is 483 g/mol. The summed E-state index contributed by atoms with van der Waals surface area (Å²) in [6.45, 7) is 1.80. The van der Waals surface area contributed by atoms with E-state index in [2.05, 4.69) is 63.2 Å². The zero-order valence-corrected chi connectivity index (χ0v) is 19.3. The Morgan fingerprint density at radius 3 is 2.71 bits per heavy atom. The van der Waals surface area contributed by atoms with Crippen LogP contribution in [0, 0.1) is 0 Å². The van der Waals surface area contributed by atoms with Gasteiger partial charge < -0.3 is 15.1 Å². The van der Waals surface area contributed by atoms with Crippen LogP contribution in [0.25, 0.3) is 16.7 Å². The second kappa shape index (κ2) is 11.5. The summed E-state index contributed by atoms with van der Waals surface area (Å²) in [5.41, 5.74) is 4.38. The fourth-order valence-corrected chi connectivity index (χ4v) is 4.10. The van der Waals surface area contributed by atoms with E-state index in [1.165, 1.54) is 12.0 Å². The molecular formula is C22H26Cl3N5O. The van der Waals surface area contributed by atoms with Gasteiger partial charge in [0.15, 0.2) is 0 Å². The summed E-state index contributed by atoms with van der Waals surface area (Å²) in [7, 11) is 0. The molecule has 0 unspecified atom stereocenters. The van der Waals surface area contributed by atoms with Gasteiger partial charge >= 0.3 is 0 Å². The number of fused-ring (bicyclic) bond motifs is 1. The van der Waals surface area contributed by atoms with Gasteiger partial charge in [-0.2, -0.15) is 5.10 Å². The molecule has 9 heteroatoms. The van der Waals surface area contributed by atoms with Crippen LogP contribution >= 0.6 is 37.2 Å². The molecule has 166 valence electrons. The Bertz CT molecular complexity index is 1060. The number of piperidine rings is 1. The number of aromatic nitrogens is 3. The summed E-state index contributed by atoms with van der Waals surface area (Å²) in [6.07, 6.45) is 7.34. The van der Waals surface area contributed by atoms with Crippen molar-refractivity contribution in [2.45, 2.75) is 31.5 Å². The highest BCUT2D eigenvalue weighted by molar-refractivity contribution is 5.86. The van der Waals surface area contributed by atoms with Crippen LogP contribution in [0.15, 0.2) is 71.9 Å². The number of hydrogen-bond acceptors (Lipinski definition) is 5. The van der Waals surface area contributed by atoms with Crippen LogP contribution < -0.4 is 10.6 Å². The number of nitrogens with zero attached hydrogens (tertiary/aromatic N) is 3. The molecule has 0 aliphatic carbocycles. The maximum atomic E-state index is 5.77. The smallest absolute Gasteiger partial charge is 0.138 e. The van der Waals surface area contributed by atoms with E-state index in [0.29, 0.717) is 12.1 Å². The molecule has 6 nitrogen and oxygen atoms in total. The summed E-state index contributed by atoms with van der Waals surface area (Å²) in [6, 6.07) is 17.6. The number of hydrogen-bond donors (Lipinski definition) is 2. The summed E-state index contributed by atoms with van der Waals surface area (Å²) < 4.78 is 7.55. The first kappa shape index (κ1) is 25.2. The quantitative estimate of drug-likeness (QED) is 0.425. The Kier molecular flexibility index (Phi) is 9.34. The van der Waals surface area contributed by atoms with Gasteiger partial charge in [0.2, 0.25) is 0 Å². The van der Waals surface area contributed by atoms with Crippen LogP contribution in [0.5, 0.6) is 0 Å². The first-order valence-electron chi connectivity index (χ1n) is 9.75. The fourth-order valence-electron chi connectivity index (χ4n) is 4.10. The molecule has 0 saturated carbocycles. The summed E-state index contributed by atoms with van der Waals surface area (Å²) >= 11 is 0. The maximum absolute atomic E-state index is 5.77. The Morgan fingerprint density at radius 1 is 1.10 bits per heavy atom. The van der Waals surface area contributed by atoms with E-state index in [4.69, 9.17) is 4.42 Å². The van der Waals surface area contributed by atoms with Crippen molar-refractivity contribution < 1.29 is 4.42 Å². The Balaban J connectivity index is 0.00000114. The molecule has 2 N–H and O–H groups in total. The summed E-state index contributed by atoms with van der Waals surface area (Å²) in [5, 5.41) is 12.8. The third-order valence-electron chi connectivity index (χ3n) is 5.47. The van der Waals surface area contributed by atoms with Crippen LogP contribution in [0.3, 0.4) is 0 Å². The molecule has 1 saturated heterocycles. The van der Waals surface area contributed by atoms with Gasteiger partial charge in [0, 0.05) is 29.6 Å². The third kappa shape index (κ3) is 5.40. The SMILES string of the molecule is Cl.Cl.Cl.c1ccc([C@@H]2NCCC[C@@H]2NCc2cc(-n3cncn3)cc3ccoc23)cc1. The van der Waals surface area contributed by atoms with Crippen LogP contribution in [-0.2, 0) is 6.54 Å². The van der Waals surface area contributed by atoms with Crippen molar-refractivity contribution >= 4 is 48.2 Å². The number of furan rings is 1. The summed E-state index contributed by atoms with van der Waals surface area (Å²) in [5.74, 6) is 0. The number of benzene rings is 2. The second-order valence-corrected chi connectivity index (χ2v) is 7.26. The number of nitrogens with one attached hydrogen (secondary N) is 2. The van der Waals surface area contributed by atoms with Crippen molar-refractivity contribution in [2.24, 2.45) is 0 Å². The second-order valence-electron chi connectivity index (χ2n) is 7.26. The molecule has 2 atom stereocenters. The highest BCUT2D eigenvalue weighted by Crippen LogP contribution is 2.27. The first-order chi connectivity index (χ1) is 13.9. The maximum Gasteiger partial charge on any atom is 0.138 e. The van der Waals surface area contributed by atoms with Crippen LogP contribution in [0.2, 0.25) is 0 Å². The molecule has 1 fully saturated rings. The van der Waals surface area contributed by atoms with Crippen LogP contribution in [0.4, 0.5) is 0 Å². The summed E-state index contributed by atoms with van der Waals surface area (Å²) in [4.78, 5) is 4.06. The van der Waals surface area contributed by atoms with Crippen molar-refractivity contribution in [1.82, 2.24) is 25.4 Å².